The fourth-order valence-corrected chi connectivity index (χ4v) is 4.07. The average Bonchev–Trinajstić information content (AvgIpc) is 2.68. The first-order chi connectivity index (χ1) is 13.5. The third-order valence-corrected chi connectivity index (χ3v) is 5.37. The van der Waals surface area contributed by atoms with Crippen molar-refractivity contribution in [1.29, 1.82) is 0 Å². The molecule has 0 bridgehead atoms. The van der Waals surface area contributed by atoms with Crippen molar-refractivity contribution in [2.24, 2.45) is 0 Å². The van der Waals surface area contributed by atoms with Gasteiger partial charge in [-0.05, 0) is 52.9 Å². The lowest BCUT2D eigenvalue weighted by molar-refractivity contribution is -0.384. The van der Waals surface area contributed by atoms with Crippen LogP contribution in [0.5, 0.6) is 11.5 Å². The number of ether oxygens (including phenoxy) is 1. The summed E-state index contributed by atoms with van der Waals surface area (Å²) in [6.45, 7) is 0. The predicted octanol–water partition coefficient (Wildman–Crippen LogP) is 7.49. The van der Waals surface area contributed by atoms with Crippen LogP contribution >= 0.6 is 23.2 Å². The summed E-state index contributed by atoms with van der Waals surface area (Å²) >= 11 is 12.3. The van der Waals surface area contributed by atoms with Crippen molar-refractivity contribution in [2.75, 3.05) is 0 Å². The van der Waals surface area contributed by atoms with Gasteiger partial charge < -0.3 is 4.74 Å². The van der Waals surface area contributed by atoms with Gasteiger partial charge in [0, 0.05) is 27.1 Å². The van der Waals surface area contributed by atoms with E-state index in [2.05, 4.69) is 0 Å². The molecule has 0 spiro atoms. The number of nitro groups is 1. The smallest absolute Gasteiger partial charge is 0.277 e. The first-order valence-corrected chi connectivity index (χ1v) is 9.26. The maximum Gasteiger partial charge on any atom is 0.277 e. The van der Waals surface area contributed by atoms with Crippen molar-refractivity contribution >= 4 is 39.7 Å². The molecule has 0 saturated carbocycles. The van der Waals surface area contributed by atoms with Gasteiger partial charge >= 0.3 is 0 Å². The number of hydrogen-bond donors (Lipinski definition) is 0. The minimum Gasteiger partial charge on any atom is -0.456 e. The van der Waals surface area contributed by atoms with E-state index in [4.69, 9.17) is 27.9 Å². The first kappa shape index (κ1) is 17.0. The van der Waals surface area contributed by atoms with E-state index in [0.29, 0.717) is 21.4 Å². The maximum absolute atomic E-state index is 11.6. The van der Waals surface area contributed by atoms with Crippen LogP contribution < -0.4 is 4.74 Å². The van der Waals surface area contributed by atoms with E-state index in [1.165, 1.54) is 12.1 Å². The lowest BCUT2D eigenvalue weighted by Crippen LogP contribution is -1.98. The molecular weight excluding hydrogens is 397 g/mol. The number of benzene rings is 4. The number of nitro benzene ring substituents is 1. The van der Waals surface area contributed by atoms with Gasteiger partial charge in [-0.2, -0.15) is 0 Å². The van der Waals surface area contributed by atoms with E-state index in [1.54, 1.807) is 12.1 Å². The van der Waals surface area contributed by atoms with Gasteiger partial charge in [-0.1, -0.05) is 47.5 Å². The molecule has 0 amide bonds. The van der Waals surface area contributed by atoms with Crippen molar-refractivity contribution in [3.63, 3.8) is 0 Å². The van der Waals surface area contributed by atoms with Crippen LogP contribution in [0, 0.1) is 10.1 Å². The molecule has 4 aromatic carbocycles. The third-order valence-electron chi connectivity index (χ3n) is 4.90. The number of rotatable bonds is 2. The van der Waals surface area contributed by atoms with Crippen LogP contribution in [-0.4, -0.2) is 4.92 Å². The number of hydrogen-bond acceptors (Lipinski definition) is 3. The Morgan fingerprint density at radius 3 is 2.25 bits per heavy atom. The lowest BCUT2D eigenvalue weighted by Gasteiger charge is -2.22. The summed E-state index contributed by atoms with van der Waals surface area (Å²) in [6, 6.07) is 19.6. The molecule has 0 aliphatic carbocycles. The molecule has 0 aromatic heterocycles. The molecule has 6 heteroatoms. The second-order valence-corrected chi connectivity index (χ2v) is 7.37. The van der Waals surface area contributed by atoms with Crippen molar-refractivity contribution in [3.05, 3.63) is 86.9 Å². The van der Waals surface area contributed by atoms with Crippen LogP contribution in [0.25, 0.3) is 33.0 Å². The standard InChI is InChI=1S/C22H11Cl2NO3/c23-12-4-8-19(25(26)27)17(10-12)14-6-7-16-18-11-13(24)5-9-20(18)28-21-3-1-2-15(14)22(16)21/h1-11H. The number of nitrogens with zero attached hydrogens (tertiary/aromatic N) is 1. The van der Waals surface area contributed by atoms with Gasteiger partial charge in [-0.15, -0.1) is 0 Å². The molecule has 1 heterocycles. The number of fused-ring (bicyclic) bond motifs is 2. The van der Waals surface area contributed by atoms with Crippen molar-refractivity contribution in [2.45, 2.75) is 0 Å². The second-order valence-electron chi connectivity index (χ2n) is 6.50. The molecule has 0 saturated heterocycles. The summed E-state index contributed by atoms with van der Waals surface area (Å²) < 4.78 is 6.08. The highest BCUT2D eigenvalue weighted by molar-refractivity contribution is 6.31. The first-order valence-electron chi connectivity index (χ1n) is 8.51. The van der Waals surface area contributed by atoms with Crippen molar-refractivity contribution in [3.8, 4) is 33.8 Å². The van der Waals surface area contributed by atoms with Gasteiger partial charge in [0.2, 0.25) is 0 Å². The van der Waals surface area contributed by atoms with Gasteiger partial charge in [0.1, 0.15) is 11.5 Å². The monoisotopic (exact) mass is 407 g/mol. The molecule has 4 nitrogen and oxygen atoms in total. The Labute approximate surface area is 170 Å². The minimum absolute atomic E-state index is 0.00488. The summed E-state index contributed by atoms with van der Waals surface area (Å²) in [5.74, 6) is 1.43. The van der Waals surface area contributed by atoms with Crippen molar-refractivity contribution < 1.29 is 9.66 Å². The van der Waals surface area contributed by atoms with Gasteiger partial charge in [0.15, 0.2) is 0 Å². The second kappa shape index (κ2) is 6.23. The lowest BCUT2D eigenvalue weighted by atomic mass is 9.89. The summed E-state index contributed by atoms with van der Waals surface area (Å²) in [7, 11) is 0. The van der Waals surface area contributed by atoms with Gasteiger partial charge in [0.25, 0.3) is 5.69 Å². The van der Waals surface area contributed by atoms with Gasteiger partial charge in [-0.25, -0.2) is 0 Å². The highest BCUT2D eigenvalue weighted by Crippen LogP contribution is 2.49. The fourth-order valence-electron chi connectivity index (χ4n) is 3.72. The SMILES string of the molecule is O=[N+]([O-])c1ccc(Cl)cc1-c1ccc2c3c(cccc13)Oc1ccc(Cl)cc1-2. The zero-order chi connectivity index (χ0) is 19.4. The van der Waals surface area contributed by atoms with Crippen LogP contribution in [-0.2, 0) is 0 Å². The van der Waals surface area contributed by atoms with E-state index in [9.17, 15) is 10.1 Å². The molecule has 5 rings (SSSR count). The van der Waals surface area contributed by atoms with E-state index < -0.39 is 4.92 Å². The quantitative estimate of drug-likeness (QED) is 0.225. The van der Waals surface area contributed by atoms with Crippen LogP contribution in [0.1, 0.15) is 0 Å². The molecule has 1 aliphatic rings. The van der Waals surface area contributed by atoms with Gasteiger partial charge in [0.05, 0.1) is 10.5 Å². The molecule has 0 radical (unpaired) electrons. The van der Waals surface area contributed by atoms with Crippen LogP contribution in [0.15, 0.2) is 66.7 Å². The summed E-state index contributed by atoms with van der Waals surface area (Å²) in [5, 5.41) is 14.4. The topological polar surface area (TPSA) is 52.4 Å². The Morgan fingerprint density at radius 1 is 0.750 bits per heavy atom. The fraction of sp³-hybridized carbons (Fsp3) is 0. The molecule has 0 N–H and O–H groups in total. The zero-order valence-electron chi connectivity index (χ0n) is 14.3. The Hall–Kier alpha value is -3.08. The average molecular weight is 408 g/mol. The predicted molar refractivity (Wildman–Crippen MR) is 112 cm³/mol. The zero-order valence-corrected chi connectivity index (χ0v) is 15.8. The maximum atomic E-state index is 11.6. The molecule has 1 aliphatic heterocycles. The van der Waals surface area contributed by atoms with Crippen LogP contribution in [0.2, 0.25) is 10.0 Å². The molecular formula is C22H11Cl2NO3. The van der Waals surface area contributed by atoms with Crippen molar-refractivity contribution in [1.82, 2.24) is 0 Å². The Bertz CT molecular complexity index is 1300. The van der Waals surface area contributed by atoms with E-state index in [1.807, 2.05) is 42.5 Å². The third kappa shape index (κ3) is 2.53. The highest BCUT2D eigenvalue weighted by Gasteiger charge is 2.24. The Morgan fingerprint density at radius 2 is 1.46 bits per heavy atom. The van der Waals surface area contributed by atoms with Crippen LogP contribution in [0.3, 0.4) is 0 Å². The normalized spacial score (nSPS) is 11.8. The van der Waals surface area contributed by atoms with E-state index in [0.717, 1.165) is 33.2 Å². The number of halogens is 2. The summed E-state index contributed by atoms with van der Waals surface area (Å²) in [5.41, 5.74) is 3.07. The molecule has 0 fully saturated rings. The molecule has 0 atom stereocenters. The molecule has 0 unspecified atom stereocenters. The largest absolute Gasteiger partial charge is 0.456 e. The Kier molecular flexibility index (Phi) is 3.79. The highest BCUT2D eigenvalue weighted by atomic mass is 35.5. The molecule has 136 valence electrons. The van der Waals surface area contributed by atoms with Gasteiger partial charge in [-0.3, -0.25) is 10.1 Å². The van der Waals surface area contributed by atoms with E-state index in [-0.39, 0.29) is 5.69 Å². The van der Waals surface area contributed by atoms with Crippen LogP contribution in [0.4, 0.5) is 5.69 Å². The Balaban J connectivity index is 1.86. The molecule has 28 heavy (non-hydrogen) atoms. The van der Waals surface area contributed by atoms with E-state index >= 15 is 0 Å². The summed E-state index contributed by atoms with van der Waals surface area (Å²) in [4.78, 5) is 11.2. The molecule has 4 aromatic rings. The summed E-state index contributed by atoms with van der Waals surface area (Å²) in [6.07, 6.45) is 0. The minimum atomic E-state index is -0.396.